The predicted octanol–water partition coefficient (Wildman–Crippen LogP) is 0.362. The van der Waals surface area contributed by atoms with Gasteiger partial charge >= 0.3 is 0 Å². The maximum Gasteiger partial charge on any atom is 0.0996 e. The number of fused-ring (bicyclic) bond motifs is 2. The van der Waals surface area contributed by atoms with Crippen LogP contribution in [-0.2, 0) is 0 Å². The van der Waals surface area contributed by atoms with Crippen LogP contribution < -0.4 is 5.06 Å². The molecule has 0 aromatic rings. The molecule has 0 amide bonds. The minimum atomic E-state index is 0.387. The molecule has 66 valence electrons. The molecule has 1 aliphatic heterocycles. The van der Waals surface area contributed by atoms with E-state index in [2.05, 4.69) is 30.4 Å². The van der Waals surface area contributed by atoms with Crippen molar-refractivity contribution in [2.75, 3.05) is 13.1 Å². The van der Waals surface area contributed by atoms with Crippen LogP contribution in [0.5, 0.6) is 0 Å². The van der Waals surface area contributed by atoms with Crippen molar-refractivity contribution in [1.82, 2.24) is 0 Å². The van der Waals surface area contributed by atoms with Gasteiger partial charge in [-0.25, -0.2) is 0 Å². The molecule has 0 aromatic heterocycles. The largest absolute Gasteiger partial charge is 0.634 e. The lowest BCUT2D eigenvalue weighted by atomic mass is 9.90. The smallest absolute Gasteiger partial charge is 0.0996 e. The molecule has 0 bridgehead atoms. The van der Waals surface area contributed by atoms with Gasteiger partial charge in [-0.3, -0.25) is 0 Å². The number of nitrogens with one attached hydrogen (secondary N) is 1. The molecular weight excluding hydrogens is 162 g/mol. The molecule has 0 aromatic carbocycles. The molecule has 13 heavy (non-hydrogen) atoms. The van der Waals surface area contributed by atoms with Crippen molar-refractivity contribution in [2.24, 2.45) is 5.92 Å². The number of rotatable bonds is 0. The van der Waals surface area contributed by atoms with Gasteiger partial charge in [-0.05, 0) is 22.8 Å². The maximum atomic E-state index is 11.2. The van der Waals surface area contributed by atoms with Crippen molar-refractivity contribution in [3.8, 4) is 0 Å². The summed E-state index contributed by atoms with van der Waals surface area (Å²) in [6.07, 6.45) is 10.7. The zero-order valence-corrected chi connectivity index (χ0v) is 7.29. The molecule has 1 heterocycles. The van der Waals surface area contributed by atoms with Crippen LogP contribution in [0.3, 0.4) is 0 Å². The first-order valence-electron chi connectivity index (χ1n) is 4.66. The van der Waals surface area contributed by atoms with E-state index in [9.17, 15) is 5.21 Å². The van der Waals surface area contributed by atoms with Crippen molar-refractivity contribution in [2.45, 2.75) is 0 Å². The molecule has 2 unspecified atom stereocenters. The third kappa shape index (κ3) is 1.03. The highest BCUT2D eigenvalue weighted by molar-refractivity contribution is 5.58. The quantitative estimate of drug-likeness (QED) is 0.526. The Morgan fingerprint density at radius 3 is 3.23 bits per heavy atom. The second-order valence-corrected chi connectivity index (χ2v) is 3.85. The van der Waals surface area contributed by atoms with E-state index in [1.807, 2.05) is 0 Å². The molecular formula is C11H11NO. The molecule has 1 N–H and O–H groups in total. The number of hydrogen-bond donors (Lipinski definition) is 1. The lowest BCUT2D eigenvalue weighted by molar-refractivity contribution is -0.832. The Kier molecular flexibility index (Phi) is 1.37. The minimum absolute atomic E-state index is 0.387. The van der Waals surface area contributed by atoms with Crippen LogP contribution in [0.25, 0.3) is 0 Å². The fourth-order valence-corrected chi connectivity index (χ4v) is 2.28. The molecule has 1 fully saturated rings. The highest BCUT2D eigenvalue weighted by Gasteiger charge is 2.29. The van der Waals surface area contributed by atoms with E-state index < -0.39 is 0 Å². The standard InChI is InChI=1S/C11H11NO/c13-12-6-10-4-8-2-1-3-9(8)5-11(10)7-12/h1-5,10,12H,6-7H2. The molecule has 2 atom stereocenters. The second kappa shape index (κ2) is 2.44. The van der Waals surface area contributed by atoms with Crippen molar-refractivity contribution in [3.63, 3.8) is 0 Å². The summed E-state index contributed by atoms with van der Waals surface area (Å²) >= 11 is 0. The maximum absolute atomic E-state index is 11.2. The average molecular weight is 173 g/mol. The highest BCUT2D eigenvalue weighted by atomic mass is 16.5. The van der Waals surface area contributed by atoms with E-state index in [1.165, 1.54) is 16.7 Å². The van der Waals surface area contributed by atoms with Gasteiger partial charge in [0.1, 0.15) is 0 Å². The summed E-state index contributed by atoms with van der Waals surface area (Å²) in [5.41, 5.74) is 3.88. The Balaban J connectivity index is 2.02. The summed E-state index contributed by atoms with van der Waals surface area (Å²) in [6, 6.07) is 0. The molecule has 1 saturated heterocycles. The first-order valence-corrected chi connectivity index (χ1v) is 4.66. The lowest BCUT2D eigenvalue weighted by Crippen LogP contribution is -3.05. The fourth-order valence-electron chi connectivity index (χ4n) is 2.28. The van der Waals surface area contributed by atoms with Gasteiger partial charge in [0, 0.05) is 0 Å². The first-order chi connectivity index (χ1) is 6.33. The molecule has 0 saturated carbocycles. The fraction of sp³-hybridized carbons (Fsp3) is 0.273. The second-order valence-electron chi connectivity index (χ2n) is 3.85. The zero-order valence-electron chi connectivity index (χ0n) is 7.29. The van der Waals surface area contributed by atoms with Gasteiger partial charge in [0.2, 0.25) is 0 Å². The van der Waals surface area contributed by atoms with E-state index in [-0.39, 0.29) is 0 Å². The Morgan fingerprint density at radius 2 is 2.31 bits per heavy atom. The van der Waals surface area contributed by atoms with E-state index in [4.69, 9.17) is 0 Å². The monoisotopic (exact) mass is 173 g/mol. The Bertz CT molecular complexity index is 374. The van der Waals surface area contributed by atoms with Crippen LogP contribution >= 0.6 is 0 Å². The zero-order chi connectivity index (χ0) is 8.84. The van der Waals surface area contributed by atoms with Crippen molar-refractivity contribution < 1.29 is 5.06 Å². The van der Waals surface area contributed by atoms with E-state index in [1.54, 1.807) is 0 Å². The summed E-state index contributed by atoms with van der Waals surface area (Å²) in [5.74, 6) is 0.405. The van der Waals surface area contributed by atoms with Gasteiger partial charge in [0.15, 0.2) is 0 Å². The van der Waals surface area contributed by atoms with Crippen LogP contribution in [-0.4, -0.2) is 13.1 Å². The molecule has 0 radical (unpaired) electrons. The Labute approximate surface area is 77.1 Å². The van der Waals surface area contributed by atoms with Crippen LogP contribution in [0, 0.1) is 11.1 Å². The van der Waals surface area contributed by atoms with Crippen LogP contribution in [0.15, 0.2) is 47.1 Å². The van der Waals surface area contributed by atoms with Gasteiger partial charge in [-0.1, -0.05) is 24.3 Å². The molecule has 3 rings (SSSR count). The van der Waals surface area contributed by atoms with Crippen molar-refractivity contribution in [3.05, 3.63) is 52.3 Å². The van der Waals surface area contributed by atoms with Gasteiger partial charge in [0.05, 0.1) is 19.0 Å². The van der Waals surface area contributed by atoms with E-state index in [0.717, 1.165) is 6.54 Å². The van der Waals surface area contributed by atoms with Crippen molar-refractivity contribution in [1.29, 1.82) is 0 Å². The van der Waals surface area contributed by atoms with Gasteiger partial charge < -0.3 is 10.3 Å². The summed E-state index contributed by atoms with van der Waals surface area (Å²) in [6.45, 7) is 1.39. The number of hydroxylamine groups is 2. The van der Waals surface area contributed by atoms with Crippen LogP contribution in [0.2, 0.25) is 0 Å². The third-order valence-electron chi connectivity index (χ3n) is 2.93. The molecule has 2 aliphatic carbocycles. The topological polar surface area (TPSA) is 27.5 Å². The first kappa shape index (κ1) is 7.30. The van der Waals surface area contributed by atoms with Gasteiger partial charge in [0.25, 0.3) is 0 Å². The summed E-state index contributed by atoms with van der Waals surface area (Å²) in [7, 11) is 0. The summed E-state index contributed by atoms with van der Waals surface area (Å²) in [4.78, 5) is 0. The van der Waals surface area contributed by atoms with E-state index in [0.29, 0.717) is 17.5 Å². The Morgan fingerprint density at radius 1 is 1.38 bits per heavy atom. The average Bonchev–Trinajstić information content (AvgIpc) is 2.63. The van der Waals surface area contributed by atoms with Crippen LogP contribution in [0.1, 0.15) is 0 Å². The summed E-state index contributed by atoms with van der Waals surface area (Å²) < 4.78 is 0. The molecule has 2 nitrogen and oxygen atoms in total. The number of allylic oxidation sites excluding steroid dienone is 6. The number of hydrogen-bond acceptors (Lipinski definition) is 1. The van der Waals surface area contributed by atoms with E-state index >= 15 is 0 Å². The minimum Gasteiger partial charge on any atom is -0.634 e. The normalized spacial score (nSPS) is 35.0. The lowest BCUT2D eigenvalue weighted by Gasteiger charge is -2.13. The molecule has 0 spiro atoms. The van der Waals surface area contributed by atoms with Gasteiger partial charge in [-0.15, -0.1) is 0 Å². The molecule has 2 heteroatoms. The highest BCUT2D eigenvalue weighted by Crippen LogP contribution is 2.31. The predicted molar refractivity (Wildman–Crippen MR) is 50.9 cm³/mol. The summed E-state index contributed by atoms with van der Waals surface area (Å²) in [5, 5.41) is 11.6. The molecule has 3 aliphatic rings. The SMILES string of the molecule is [O-][NH+]1CC2=CC3=CC=CC3=CC2C1. The Hall–Kier alpha value is -1.12. The van der Waals surface area contributed by atoms with Crippen LogP contribution in [0.4, 0.5) is 0 Å². The third-order valence-corrected chi connectivity index (χ3v) is 2.93. The van der Waals surface area contributed by atoms with Crippen molar-refractivity contribution >= 4 is 0 Å². The number of quaternary nitrogens is 1. The van der Waals surface area contributed by atoms with Gasteiger partial charge in [-0.2, -0.15) is 0 Å².